The predicted molar refractivity (Wildman–Crippen MR) is 68.8 cm³/mol. The molecule has 0 aliphatic carbocycles. The monoisotopic (exact) mass is 232 g/mol. The standard InChI is InChI=1S/C14H20N2O/c1-3-10(2)7-16-14(17)11-4-5-12-8-15-9-13(12)6-11/h4-6,10,15H,3,7-9H2,1-2H3,(H,16,17). The van der Waals surface area contributed by atoms with Crippen LogP contribution in [0.3, 0.4) is 0 Å². The maximum Gasteiger partial charge on any atom is 0.251 e. The topological polar surface area (TPSA) is 41.1 Å². The average molecular weight is 232 g/mol. The second kappa shape index (κ2) is 5.32. The van der Waals surface area contributed by atoms with E-state index < -0.39 is 0 Å². The quantitative estimate of drug-likeness (QED) is 0.834. The summed E-state index contributed by atoms with van der Waals surface area (Å²) in [5.41, 5.74) is 3.33. The smallest absolute Gasteiger partial charge is 0.251 e. The predicted octanol–water partition coefficient (Wildman–Crippen LogP) is 2.07. The van der Waals surface area contributed by atoms with E-state index >= 15 is 0 Å². The van der Waals surface area contributed by atoms with Gasteiger partial charge in [0.05, 0.1) is 0 Å². The first kappa shape index (κ1) is 12.1. The summed E-state index contributed by atoms with van der Waals surface area (Å²) in [6.45, 7) is 6.83. The van der Waals surface area contributed by atoms with Crippen molar-refractivity contribution < 1.29 is 4.79 Å². The minimum atomic E-state index is 0.0417. The van der Waals surface area contributed by atoms with E-state index in [0.717, 1.165) is 31.6 Å². The molecule has 0 saturated heterocycles. The van der Waals surface area contributed by atoms with Gasteiger partial charge in [-0.1, -0.05) is 26.3 Å². The Labute approximate surface area is 103 Å². The normalized spacial score (nSPS) is 15.4. The molecule has 2 N–H and O–H groups in total. The van der Waals surface area contributed by atoms with Crippen molar-refractivity contribution in [1.29, 1.82) is 0 Å². The summed E-state index contributed by atoms with van der Waals surface area (Å²) in [4.78, 5) is 11.9. The Morgan fingerprint density at radius 2 is 2.18 bits per heavy atom. The van der Waals surface area contributed by atoms with Crippen LogP contribution in [0.2, 0.25) is 0 Å². The molecule has 1 aliphatic rings. The third-order valence-electron chi connectivity index (χ3n) is 3.41. The molecule has 0 fully saturated rings. The van der Waals surface area contributed by atoms with Crippen molar-refractivity contribution in [3.8, 4) is 0 Å². The third kappa shape index (κ3) is 2.86. The van der Waals surface area contributed by atoms with E-state index in [4.69, 9.17) is 0 Å². The first-order valence-corrected chi connectivity index (χ1v) is 6.31. The highest BCUT2D eigenvalue weighted by molar-refractivity contribution is 5.94. The van der Waals surface area contributed by atoms with Crippen molar-refractivity contribution in [2.45, 2.75) is 33.4 Å². The molecule has 0 spiro atoms. The zero-order chi connectivity index (χ0) is 12.3. The van der Waals surface area contributed by atoms with E-state index in [9.17, 15) is 4.79 Å². The lowest BCUT2D eigenvalue weighted by Gasteiger charge is -2.10. The van der Waals surface area contributed by atoms with Gasteiger partial charge in [0.15, 0.2) is 0 Å². The molecule has 0 aromatic heterocycles. The lowest BCUT2D eigenvalue weighted by Crippen LogP contribution is -2.28. The summed E-state index contributed by atoms with van der Waals surface area (Å²) < 4.78 is 0. The lowest BCUT2D eigenvalue weighted by molar-refractivity contribution is 0.0947. The largest absolute Gasteiger partial charge is 0.352 e. The summed E-state index contributed by atoms with van der Waals surface area (Å²) in [7, 11) is 0. The highest BCUT2D eigenvalue weighted by atomic mass is 16.1. The van der Waals surface area contributed by atoms with Gasteiger partial charge >= 0.3 is 0 Å². The molecular formula is C14H20N2O. The van der Waals surface area contributed by atoms with Gasteiger partial charge in [-0.25, -0.2) is 0 Å². The highest BCUT2D eigenvalue weighted by Gasteiger charge is 2.13. The molecule has 1 aromatic carbocycles. The van der Waals surface area contributed by atoms with Crippen LogP contribution >= 0.6 is 0 Å². The van der Waals surface area contributed by atoms with Crippen LogP contribution in [-0.4, -0.2) is 12.5 Å². The van der Waals surface area contributed by atoms with Crippen molar-refractivity contribution in [3.63, 3.8) is 0 Å². The highest BCUT2D eigenvalue weighted by Crippen LogP contribution is 2.17. The molecule has 0 radical (unpaired) electrons. The molecule has 3 nitrogen and oxygen atoms in total. The number of hydrogen-bond acceptors (Lipinski definition) is 2. The van der Waals surface area contributed by atoms with Crippen LogP contribution in [0.5, 0.6) is 0 Å². The van der Waals surface area contributed by atoms with Crippen molar-refractivity contribution in [1.82, 2.24) is 10.6 Å². The molecule has 92 valence electrons. The van der Waals surface area contributed by atoms with Gasteiger partial charge in [0, 0.05) is 25.2 Å². The average Bonchev–Trinajstić information content (AvgIpc) is 2.82. The van der Waals surface area contributed by atoms with E-state index in [1.165, 1.54) is 11.1 Å². The van der Waals surface area contributed by atoms with Gasteiger partial charge in [-0.15, -0.1) is 0 Å². The van der Waals surface area contributed by atoms with Crippen LogP contribution in [-0.2, 0) is 13.1 Å². The first-order valence-electron chi connectivity index (χ1n) is 6.31. The van der Waals surface area contributed by atoms with Gasteiger partial charge in [0.1, 0.15) is 0 Å². The molecule has 1 atom stereocenters. The number of hydrogen-bond donors (Lipinski definition) is 2. The Morgan fingerprint density at radius 3 is 2.94 bits per heavy atom. The van der Waals surface area contributed by atoms with Crippen molar-refractivity contribution >= 4 is 5.91 Å². The van der Waals surface area contributed by atoms with Gasteiger partial charge in [0.25, 0.3) is 5.91 Å². The van der Waals surface area contributed by atoms with Gasteiger partial charge < -0.3 is 10.6 Å². The summed E-state index contributed by atoms with van der Waals surface area (Å²) in [5, 5.41) is 6.26. The maximum absolute atomic E-state index is 11.9. The minimum Gasteiger partial charge on any atom is -0.352 e. The van der Waals surface area contributed by atoms with Crippen molar-refractivity contribution in [2.24, 2.45) is 5.92 Å². The number of benzene rings is 1. The summed E-state index contributed by atoms with van der Waals surface area (Å²) in [6.07, 6.45) is 1.09. The van der Waals surface area contributed by atoms with Gasteiger partial charge in [-0.05, 0) is 29.2 Å². The molecule has 3 heteroatoms. The second-order valence-corrected chi connectivity index (χ2v) is 4.81. The Balaban J connectivity index is 2.00. The number of amides is 1. The Bertz CT molecular complexity index is 415. The summed E-state index contributed by atoms with van der Waals surface area (Å²) in [5.74, 6) is 0.579. The zero-order valence-electron chi connectivity index (χ0n) is 10.5. The molecular weight excluding hydrogens is 212 g/mol. The van der Waals surface area contributed by atoms with Gasteiger partial charge in [0.2, 0.25) is 0 Å². The lowest BCUT2D eigenvalue weighted by atomic mass is 10.1. The molecule has 1 aromatic rings. The Morgan fingerprint density at radius 1 is 1.41 bits per heavy atom. The molecule has 1 heterocycles. The summed E-state index contributed by atoms with van der Waals surface area (Å²) in [6, 6.07) is 5.96. The molecule has 1 aliphatic heterocycles. The van der Waals surface area contributed by atoms with Crippen molar-refractivity contribution in [2.75, 3.05) is 6.54 Å². The zero-order valence-corrected chi connectivity index (χ0v) is 10.5. The fourth-order valence-electron chi connectivity index (χ4n) is 1.95. The molecule has 0 saturated carbocycles. The van der Waals surface area contributed by atoms with E-state index in [-0.39, 0.29) is 5.91 Å². The molecule has 1 amide bonds. The second-order valence-electron chi connectivity index (χ2n) is 4.81. The number of carbonyl (C=O) groups is 1. The first-order chi connectivity index (χ1) is 8.20. The fourth-order valence-corrected chi connectivity index (χ4v) is 1.95. The summed E-state index contributed by atoms with van der Waals surface area (Å²) >= 11 is 0. The minimum absolute atomic E-state index is 0.0417. The third-order valence-corrected chi connectivity index (χ3v) is 3.41. The van der Waals surface area contributed by atoms with Crippen LogP contribution in [0.4, 0.5) is 0 Å². The van der Waals surface area contributed by atoms with Crippen LogP contribution in [0.1, 0.15) is 41.8 Å². The van der Waals surface area contributed by atoms with Crippen LogP contribution in [0.15, 0.2) is 18.2 Å². The van der Waals surface area contributed by atoms with Crippen LogP contribution in [0.25, 0.3) is 0 Å². The van der Waals surface area contributed by atoms with E-state index in [1.807, 2.05) is 18.2 Å². The SMILES string of the molecule is CCC(C)CNC(=O)c1ccc2c(c1)CNC2. The molecule has 0 bridgehead atoms. The van der Waals surface area contributed by atoms with E-state index in [2.05, 4.69) is 24.5 Å². The Hall–Kier alpha value is -1.35. The number of carbonyl (C=O) groups excluding carboxylic acids is 1. The van der Waals surface area contributed by atoms with Crippen LogP contribution in [0, 0.1) is 5.92 Å². The number of nitrogens with one attached hydrogen (secondary N) is 2. The van der Waals surface area contributed by atoms with E-state index in [0.29, 0.717) is 5.92 Å². The molecule has 2 rings (SSSR count). The Kier molecular flexibility index (Phi) is 3.79. The fraction of sp³-hybridized carbons (Fsp3) is 0.500. The van der Waals surface area contributed by atoms with Gasteiger partial charge in [-0.2, -0.15) is 0 Å². The van der Waals surface area contributed by atoms with E-state index in [1.54, 1.807) is 0 Å². The van der Waals surface area contributed by atoms with Crippen molar-refractivity contribution in [3.05, 3.63) is 34.9 Å². The molecule has 1 unspecified atom stereocenters. The van der Waals surface area contributed by atoms with Crippen LogP contribution < -0.4 is 10.6 Å². The maximum atomic E-state index is 11.9. The number of fused-ring (bicyclic) bond motifs is 1. The number of rotatable bonds is 4. The molecule has 17 heavy (non-hydrogen) atoms. The van der Waals surface area contributed by atoms with Gasteiger partial charge in [-0.3, -0.25) is 4.79 Å².